The number of aryl methyl sites for hydroxylation is 1. The van der Waals surface area contributed by atoms with Gasteiger partial charge in [-0.3, -0.25) is 0 Å². The zero-order chi connectivity index (χ0) is 17.2. The Hall–Kier alpha value is -1.92. The van der Waals surface area contributed by atoms with Crippen molar-refractivity contribution in [2.45, 2.75) is 18.2 Å². The first-order chi connectivity index (χ1) is 11.5. The third-order valence-corrected chi connectivity index (χ3v) is 5.83. The molecule has 128 valence electrons. The van der Waals surface area contributed by atoms with Gasteiger partial charge in [-0.15, -0.1) is 0 Å². The van der Waals surface area contributed by atoms with Crippen LogP contribution in [0.5, 0.6) is 0 Å². The molecular formula is C18H21FN2O2S. The van der Waals surface area contributed by atoms with E-state index in [4.69, 9.17) is 0 Å². The Balaban J connectivity index is 1.60. The van der Waals surface area contributed by atoms with Crippen LogP contribution in [0.4, 0.5) is 10.1 Å². The lowest BCUT2D eigenvalue weighted by molar-refractivity contribution is 0.541. The topological polar surface area (TPSA) is 49.4 Å². The summed E-state index contributed by atoms with van der Waals surface area (Å²) in [5.41, 5.74) is 1.49. The zero-order valence-corrected chi connectivity index (χ0v) is 14.4. The van der Waals surface area contributed by atoms with Crippen LogP contribution in [-0.2, 0) is 10.0 Å². The molecule has 1 aliphatic rings. The molecule has 0 amide bonds. The largest absolute Gasteiger partial charge is 0.371 e. The molecule has 0 saturated carbocycles. The quantitative estimate of drug-likeness (QED) is 0.904. The van der Waals surface area contributed by atoms with E-state index in [1.807, 2.05) is 18.2 Å². The van der Waals surface area contributed by atoms with Crippen molar-refractivity contribution in [3.05, 3.63) is 59.9 Å². The second-order valence-corrected chi connectivity index (χ2v) is 7.97. The molecule has 1 saturated heterocycles. The normalized spacial score (nSPS) is 18.1. The summed E-state index contributed by atoms with van der Waals surface area (Å²) in [7, 11) is -3.60. The molecule has 0 spiro atoms. The molecule has 1 fully saturated rings. The van der Waals surface area contributed by atoms with Gasteiger partial charge in [-0.05, 0) is 55.2 Å². The van der Waals surface area contributed by atoms with Crippen molar-refractivity contribution in [3.8, 4) is 0 Å². The van der Waals surface area contributed by atoms with Crippen LogP contribution in [-0.4, -0.2) is 28.1 Å². The molecule has 2 aromatic rings. The van der Waals surface area contributed by atoms with Crippen LogP contribution in [0.25, 0.3) is 0 Å². The predicted molar refractivity (Wildman–Crippen MR) is 93.1 cm³/mol. The lowest BCUT2D eigenvalue weighted by Crippen LogP contribution is -2.31. The van der Waals surface area contributed by atoms with E-state index in [9.17, 15) is 12.8 Å². The highest BCUT2D eigenvalue weighted by Gasteiger charge is 2.24. The Kier molecular flexibility index (Phi) is 4.87. The van der Waals surface area contributed by atoms with Gasteiger partial charge in [0, 0.05) is 25.3 Å². The lowest BCUT2D eigenvalue weighted by Gasteiger charge is -2.18. The van der Waals surface area contributed by atoms with E-state index >= 15 is 0 Å². The Labute approximate surface area is 142 Å². The number of anilines is 1. The summed E-state index contributed by atoms with van der Waals surface area (Å²) in [5.74, 6) is -0.134. The van der Waals surface area contributed by atoms with Crippen LogP contribution in [0.3, 0.4) is 0 Å². The van der Waals surface area contributed by atoms with Gasteiger partial charge in [0.15, 0.2) is 0 Å². The maximum atomic E-state index is 13.3. The van der Waals surface area contributed by atoms with Crippen molar-refractivity contribution in [1.29, 1.82) is 0 Å². The summed E-state index contributed by atoms with van der Waals surface area (Å²) in [4.78, 5) is 2.38. The first-order valence-corrected chi connectivity index (χ1v) is 9.50. The van der Waals surface area contributed by atoms with E-state index in [1.54, 1.807) is 6.92 Å². The van der Waals surface area contributed by atoms with E-state index < -0.39 is 15.8 Å². The minimum Gasteiger partial charge on any atom is -0.371 e. The molecule has 0 bridgehead atoms. The number of hydrogen-bond donors (Lipinski definition) is 1. The highest BCUT2D eigenvalue weighted by atomic mass is 32.2. The number of sulfonamides is 1. The van der Waals surface area contributed by atoms with Gasteiger partial charge < -0.3 is 4.90 Å². The van der Waals surface area contributed by atoms with Crippen LogP contribution >= 0.6 is 0 Å². The third kappa shape index (κ3) is 3.76. The van der Waals surface area contributed by atoms with Gasteiger partial charge in [0.2, 0.25) is 10.0 Å². The van der Waals surface area contributed by atoms with E-state index in [1.165, 1.54) is 18.2 Å². The molecule has 1 unspecified atom stereocenters. The van der Waals surface area contributed by atoms with Crippen molar-refractivity contribution in [2.24, 2.45) is 5.92 Å². The van der Waals surface area contributed by atoms with Gasteiger partial charge >= 0.3 is 0 Å². The first-order valence-electron chi connectivity index (χ1n) is 8.01. The number of halogens is 1. The molecule has 1 N–H and O–H groups in total. The first kappa shape index (κ1) is 16.9. The average Bonchev–Trinajstić information content (AvgIpc) is 3.05. The van der Waals surface area contributed by atoms with Crippen molar-refractivity contribution in [3.63, 3.8) is 0 Å². The predicted octanol–water partition coefficient (Wildman–Crippen LogP) is 2.94. The number of rotatable bonds is 5. The molecule has 2 aromatic carbocycles. The van der Waals surface area contributed by atoms with E-state index in [0.29, 0.717) is 12.1 Å². The van der Waals surface area contributed by atoms with Crippen LogP contribution < -0.4 is 9.62 Å². The van der Waals surface area contributed by atoms with Crippen LogP contribution in [0.15, 0.2) is 53.4 Å². The molecule has 1 aliphatic heterocycles. The smallest absolute Gasteiger partial charge is 0.240 e. The van der Waals surface area contributed by atoms with Gasteiger partial charge in [-0.2, -0.15) is 0 Å². The van der Waals surface area contributed by atoms with Crippen molar-refractivity contribution >= 4 is 15.7 Å². The maximum absolute atomic E-state index is 13.3. The standard InChI is InChI=1S/C18H21FN2O2S/c1-14-11-17(7-8-18(14)19)24(22,23)20-12-15-9-10-21(13-15)16-5-3-2-4-6-16/h2-8,11,15,20H,9-10,12-13H2,1H3. The second kappa shape index (κ2) is 6.91. The van der Waals surface area contributed by atoms with Crippen LogP contribution in [0, 0.1) is 18.7 Å². The number of nitrogens with zero attached hydrogens (tertiary/aromatic N) is 1. The molecule has 4 nitrogen and oxygen atoms in total. The van der Waals surface area contributed by atoms with Gasteiger partial charge in [0.1, 0.15) is 5.82 Å². The van der Waals surface area contributed by atoms with Gasteiger partial charge in [0.25, 0.3) is 0 Å². The highest BCUT2D eigenvalue weighted by molar-refractivity contribution is 7.89. The molecule has 24 heavy (non-hydrogen) atoms. The molecule has 3 rings (SSSR count). The minimum absolute atomic E-state index is 0.110. The number of nitrogens with one attached hydrogen (secondary N) is 1. The number of benzene rings is 2. The van der Waals surface area contributed by atoms with Gasteiger partial charge in [-0.1, -0.05) is 18.2 Å². The molecule has 1 atom stereocenters. The summed E-state index contributed by atoms with van der Waals surface area (Å²) in [5, 5.41) is 0. The second-order valence-electron chi connectivity index (χ2n) is 6.20. The molecule has 1 heterocycles. The molecule has 0 radical (unpaired) electrons. The Bertz CT molecular complexity index is 809. The summed E-state index contributed by atoms with van der Waals surface area (Å²) in [6, 6.07) is 14.0. The van der Waals surface area contributed by atoms with Gasteiger partial charge in [0.05, 0.1) is 4.90 Å². The number of para-hydroxylation sites is 1. The fourth-order valence-electron chi connectivity index (χ4n) is 2.97. The summed E-state index contributed by atoms with van der Waals surface area (Å²) >= 11 is 0. The third-order valence-electron chi connectivity index (χ3n) is 4.41. The minimum atomic E-state index is -3.60. The average molecular weight is 348 g/mol. The van der Waals surface area contributed by atoms with Crippen LogP contribution in [0.1, 0.15) is 12.0 Å². The van der Waals surface area contributed by atoms with Crippen molar-refractivity contribution in [2.75, 3.05) is 24.5 Å². The zero-order valence-electron chi connectivity index (χ0n) is 13.6. The number of hydrogen-bond acceptors (Lipinski definition) is 3. The Morgan fingerprint density at radius 2 is 1.96 bits per heavy atom. The van der Waals surface area contributed by atoms with Crippen LogP contribution in [0.2, 0.25) is 0 Å². The highest BCUT2D eigenvalue weighted by Crippen LogP contribution is 2.23. The summed E-state index contributed by atoms with van der Waals surface area (Å²) in [6.07, 6.45) is 0.944. The fraction of sp³-hybridized carbons (Fsp3) is 0.333. The SMILES string of the molecule is Cc1cc(S(=O)(=O)NCC2CCN(c3ccccc3)C2)ccc1F. The van der Waals surface area contributed by atoms with Crippen molar-refractivity contribution < 1.29 is 12.8 Å². The molecule has 0 aliphatic carbocycles. The molecule has 6 heteroatoms. The summed E-state index contributed by atoms with van der Waals surface area (Å²) < 4.78 is 40.7. The fourth-order valence-corrected chi connectivity index (χ4v) is 4.17. The molecule has 0 aromatic heterocycles. The van der Waals surface area contributed by atoms with E-state index in [0.717, 1.165) is 25.2 Å². The molecular weight excluding hydrogens is 327 g/mol. The van der Waals surface area contributed by atoms with E-state index in [-0.39, 0.29) is 10.8 Å². The lowest BCUT2D eigenvalue weighted by atomic mass is 10.1. The Morgan fingerprint density at radius 3 is 2.67 bits per heavy atom. The van der Waals surface area contributed by atoms with E-state index in [2.05, 4.69) is 21.8 Å². The Morgan fingerprint density at radius 1 is 1.21 bits per heavy atom. The maximum Gasteiger partial charge on any atom is 0.240 e. The van der Waals surface area contributed by atoms with Crippen molar-refractivity contribution in [1.82, 2.24) is 4.72 Å². The summed E-state index contributed by atoms with van der Waals surface area (Å²) in [6.45, 7) is 3.70. The van der Waals surface area contributed by atoms with Gasteiger partial charge in [-0.25, -0.2) is 17.5 Å². The monoisotopic (exact) mass is 348 g/mol.